The van der Waals surface area contributed by atoms with Crippen LogP contribution in [0.2, 0.25) is 0 Å². The van der Waals surface area contributed by atoms with E-state index in [4.69, 9.17) is 14.2 Å². The van der Waals surface area contributed by atoms with Crippen molar-refractivity contribution < 1.29 is 33.7 Å². The third-order valence-electron chi connectivity index (χ3n) is 8.87. The number of aliphatic hydroxyl groups is 1. The Morgan fingerprint density at radius 2 is 1.94 bits per heavy atom. The van der Waals surface area contributed by atoms with Gasteiger partial charge in [-0.15, -0.1) is 0 Å². The number of hydrogen-bond donors (Lipinski definition) is 1. The molecule has 0 bridgehead atoms. The molecule has 7 heteroatoms. The van der Waals surface area contributed by atoms with Crippen molar-refractivity contribution in [3.8, 4) is 0 Å². The maximum atomic E-state index is 13.7. The van der Waals surface area contributed by atoms with E-state index in [9.17, 15) is 19.5 Å². The summed E-state index contributed by atoms with van der Waals surface area (Å²) >= 11 is 0. The van der Waals surface area contributed by atoms with Gasteiger partial charge in [0.15, 0.2) is 23.8 Å². The van der Waals surface area contributed by atoms with E-state index in [2.05, 4.69) is 13.0 Å². The average Bonchev–Trinajstić information content (AvgIpc) is 3.12. The molecule has 0 radical (unpaired) electrons. The largest absolute Gasteiger partial charge is 0.458 e. The predicted octanol–water partition coefficient (Wildman–Crippen LogP) is 2.67. The second kappa shape index (κ2) is 6.96. The van der Waals surface area contributed by atoms with Crippen molar-refractivity contribution in [2.75, 3.05) is 6.61 Å². The maximum absolute atomic E-state index is 13.7. The van der Waals surface area contributed by atoms with Crippen molar-refractivity contribution in [1.29, 1.82) is 0 Å². The van der Waals surface area contributed by atoms with E-state index in [1.807, 2.05) is 19.1 Å². The van der Waals surface area contributed by atoms with Gasteiger partial charge in [-0.05, 0) is 56.3 Å². The summed E-state index contributed by atoms with van der Waals surface area (Å²) in [5.74, 6) is -2.02. The maximum Gasteiger partial charge on any atom is 0.303 e. The number of aliphatic hydroxyl groups excluding tert-OH is 1. The molecule has 2 saturated carbocycles. The molecule has 33 heavy (non-hydrogen) atoms. The molecule has 5 rings (SSSR count). The summed E-state index contributed by atoms with van der Waals surface area (Å²) < 4.78 is 17.8. The molecule has 1 heterocycles. The fourth-order valence-electron chi connectivity index (χ4n) is 7.66. The molecule has 1 aliphatic heterocycles. The number of esters is 1. The molecule has 0 aromatic carbocycles. The van der Waals surface area contributed by atoms with Crippen LogP contribution in [-0.4, -0.2) is 52.8 Å². The molecular weight excluding hydrogens is 424 g/mol. The van der Waals surface area contributed by atoms with Crippen LogP contribution in [0.15, 0.2) is 36.0 Å². The first-order chi connectivity index (χ1) is 15.3. The highest BCUT2D eigenvalue weighted by Crippen LogP contribution is 2.69. The fraction of sp³-hybridized carbons (Fsp3) is 0.654. The summed E-state index contributed by atoms with van der Waals surface area (Å²) in [5, 5.41) is 11.6. The van der Waals surface area contributed by atoms with E-state index < -0.39 is 40.4 Å². The van der Waals surface area contributed by atoms with E-state index in [1.165, 1.54) is 6.92 Å². The lowest BCUT2D eigenvalue weighted by atomic mass is 9.48. The molecule has 7 nitrogen and oxygen atoms in total. The molecule has 0 aromatic rings. The normalized spacial score (nSPS) is 46.7. The van der Waals surface area contributed by atoms with Crippen LogP contribution >= 0.6 is 0 Å². The van der Waals surface area contributed by atoms with Crippen LogP contribution in [0, 0.1) is 28.6 Å². The molecule has 3 fully saturated rings. The highest BCUT2D eigenvalue weighted by atomic mass is 16.8. The van der Waals surface area contributed by atoms with Gasteiger partial charge in [-0.2, -0.15) is 0 Å². The van der Waals surface area contributed by atoms with Gasteiger partial charge in [-0.25, -0.2) is 0 Å². The molecule has 0 unspecified atom stereocenters. The fourth-order valence-corrected chi connectivity index (χ4v) is 7.66. The molecule has 4 aliphatic carbocycles. The van der Waals surface area contributed by atoms with Crippen LogP contribution in [0.25, 0.3) is 0 Å². The molecule has 0 spiro atoms. The minimum absolute atomic E-state index is 0.00827. The smallest absolute Gasteiger partial charge is 0.303 e. The average molecular weight is 457 g/mol. The van der Waals surface area contributed by atoms with Gasteiger partial charge in [-0.3, -0.25) is 14.4 Å². The molecule has 5 aliphatic rings. The van der Waals surface area contributed by atoms with Crippen LogP contribution < -0.4 is 0 Å². The number of fused-ring (bicyclic) bond motifs is 7. The van der Waals surface area contributed by atoms with Crippen molar-refractivity contribution in [3.05, 3.63) is 36.0 Å². The Kier molecular flexibility index (Phi) is 4.79. The summed E-state index contributed by atoms with van der Waals surface area (Å²) in [5.41, 5.74) is -1.60. The summed E-state index contributed by atoms with van der Waals surface area (Å²) in [7, 11) is 0. The van der Waals surface area contributed by atoms with Gasteiger partial charge in [0.05, 0.1) is 12.2 Å². The van der Waals surface area contributed by atoms with Crippen LogP contribution in [-0.2, 0) is 28.6 Å². The first-order valence-electron chi connectivity index (χ1n) is 11.7. The highest BCUT2D eigenvalue weighted by molar-refractivity contribution is 6.01. The molecule has 0 aromatic heterocycles. The number of rotatable bonds is 3. The van der Waals surface area contributed by atoms with Crippen molar-refractivity contribution in [3.63, 3.8) is 0 Å². The van der Waals surface area contributed by atoms with Crippen LogP contribution in [0.1, 0.15) is 47.5 Å². The number of carbonyl (C=O) groups is 3. The number of allylic oxidation sites excluding steroid dienone is 6. The monoisotopic (exact) mass is 456 g/mol. The van der Waals surface area contributed by atoms with Gasteiger partial charge < -0.3 is 19.3 Å². The lowest BCUT2D eigenvalue weighted by Crippen LogP contribution is -2.63. The number of Topliss-reactive ketones (excluding diaryl/α,β-unsaturated/α-hetero) is 1. The van der Waals surface area contributed by atoms with Gasteiger partial charge in [-0.1, -0.05) is 32.1 Å². The number of hydrogen-bond acceptors (Lipinski definition) is 7. The van der Waals surface area contributed by atoms with Crippen molar-refractivity contribution in [2.24, 2.45) is 28.6 Å². The molecule has 0 amide bonds. The molecular formula is C26H32O7. The van der Waals surface area contributed by atoms with E-state index >= 15 is 0 Å². The summed E-state index contributed by atoms with van der Waals surface area (Å²) in [6.07, 6.45) is 8.96. The molecule has 1 saturated heterocycles. The Labute approximate surface area is 193 Å². The minimum Gasteiger partial charge on any atom is -0.458 e. The van der Waals surface area contributed by atoms with Gasteiger partial charge in [0.2, 0.25) is 5.78 Å². The van der Waals surface area contributed by atoms with Gasteiger partial charge in [0.1, 0.15) is 0 Å². The Balaban J connectivity index is 1.59. The minimum atomic E-state index is -1.31. The summed E-state index contributed by atoms with van der Waals surface area (Å²) in [6.45, 7) is 8.54. The summed E-state index contributed by atoms with van der Waals surface area (Å²) in [6, 6.07) is 0. The van der Waals surface area contributed by atoms with Crippen LogP contribution in [0.5, 0.6) is 0 Å². The molecule has 178 valence electrons. The van der Waals surface area contributed by atoms with Crippen molar-refractivity contribution in [2.45, 2.75) is 71.1 Å². The number of ketones is 2. The van der Waals surface area contributed by atoms with E-state index in [-0.39, 0.29) is 35.9 Å². The Morgan fingerprint density at radius 1 is 1.21 bits per heavy atom. The highest BCUT2D eigenvalue weighted by Gasteiger charge is 2.76. The zero-order valence-corrected chi connectivity index (χ0v) is 19.8. The lowest BCUT2D eigenvalue weighted by Gasteiger charge is -2.58. The molecule has 8 atom stereocenters. The Hall–Kier alpha value is -2.09. The number of carbonyl (C=O) groups excluding carboxylic acids is 3. The third kappa shape index (κ3) is 2.95. The van der Waals surface area contributed by atoms with Gasteiger partial charge in [0.25, 0.3) is 0 Å². The topological polar surface area (TPSA) is 99.1 Å². The van der Waals surface area contributed by atoms with Crippen molar-refractivity contribution >= 4 is 17.5 Å². The third-order valence-corrected chi connectivity index (χ3v) is 8.87. The van der Waals surface area contributed by atoms with Gasteiger partial charge in [0, 0.05) is 23.7 Å². The standard InChI is InChI=1S/C26H32O7/c1-14(27)31-13-20(30)26-21(32-23(2,3)33-26)11-18-17-7-6-15-10-16(28)8-9-24(15,4)22(17)19(29)12-25(18,26)5/h6-10,17-19,21-22,29H,11-13H2,1-5H3/t17-,18-,19-,21+,22+,24-,25-,26+/m0/s1. The van der Waals surface area contributed by atoms with E-state index in [1.54, 1.807) is 26.0 Å². The van der Waals surface area contributed by atoms with Crippen LogP contribution in [0.3, 0.4) is 0 Å². The number of ether oxygens (including phenoxy) is 3. The quantitative estimate of drug-likeness (QED) is 0.652. The predicted molar refractivity (Wildman–Crippen MR) is 118 cm³/mol. The van der Waals surface area contributed by atoms with Crippen molar-refractivity contribution in [1.82, 2.24) is 0 Å². The van der Waals surface area contributed by atoms with Crippen LogP contribution in [0.4, 0.5) is 0 Å². The zero-order valence-electron chi connectivity index (χ0n) is 19.8. The Bertz CT molecular complexity index is 1020. The van der Waals surface area contributed by atoms with E-state index in [0.29, 0.717) is 12.8 Å². The summed E-state index contributed by atoms with van der Waals surface area (Å²) in [4.78, 5) is 37.1. The second-order valence-electron chi connectivity index (χ2n) is 11.2. The van der Waals surface area contributed by atoms with E-state index in [0.717, 1.165) is 5.57 Å². The zero-order chi connectivity index (χ0) is 24.0. The molecule has 1 N–H and O–H groups in total. The second-order valence-corrected chi connectivity index (χ2v) is 11.2. The SMILES string of the molecule is CC(=O)OCC(=O)[C@@]12OC(C)(C)O[C@@H]1C[C@H]1[C@@H]3C=CC4=CC(=O)C=C[C@]4(C)[C@H]3[C@@H](O)C[C@@]12C. The lowest BCUT2D eigenvalue weighted by molar-refractivity contribution is -0.221. The van der Waals surface area contributed by atoms with Gasteiger partial charge >= 0.3 is 5.97 Å². The Morgan fingerprint density at radius 3 is 2.64 bits per heavy atom. The first kappa shape index (κ1) is 22.7. The first-order valence-corrected chi connectivity index (χ1v) is 11.7.